The van der Waals surface area contributed by atoms with Gasteiger partial charge in [-0.1, -0.05) is 226 Å². The van der Waals surface area contributed by atoms with Gasteiger partial charge in [-0.25, -0.2) is 0 Å². The van der Waals surface area contributed by atoms with Gasteiger partial charge in [0.25, 0.3) is 0 Å². The average molecular weight is 637 g/mol. The molecule has 0 rings (SSSR count). The Bertz CT molecular complexity index is 436. The third-order valence-electron chi connectivity index (χ3n) is 9.86. The molecule has 0 aromatic rings. The van der Waals surface area contributed by atoms with E-state index < -0.39 is 0 Å². The van der Waals surface area contributed by atoms with Crippen LogP contribution in [0, 0.1) is 0 Å². The smallest absolute Gasteiger partial charge is 0.0466 e. The number of ether oxygens (including phenoxy) is 2. The summed E-state index contributed by atoms with van der Waals surface area (Å²) in [7, 11) is 0. The maximum atomic E-state index is 5.88. The summed E-state index contributed by atoms with van der Waals surface area (Å²) in [6.45, 7) is 8.50. The molecule has 272 valence electrons. The van der Waals surface area contributed by atoms with E-state index in [1.54, 1.807) is 0 Å². The molecule has 2 nitrogen and oxygen atoms in total. The fraction of sp³-hybridized carbons (Fsp3) is 1.00. The van der Waals surface area contributed by atoms with Crippen LogP contribution in [0.25, 0.3) is 0 Å². The first-order valence-electron chi connectivity index (χ1n) is 21.6. The SMILES string of the molecule is CCCCCCCCCCCCCCCCCCOCCCCCCCOCCCCCCCCCCCCCCCCCC. The Hall–Kier alpha value is -0.0800. The number of hydrogen-bond donors (Lipinski definition) is 0. The fourth-order valence-electron chi connectivity index (χ4n) is 6.65. The molecule has 0 fully saturated rings. The second kappa shape index (κ2) is 43.9. The lowest BCUT2D eigenvalue weighted by Crippen LogP contribution is -1.98. The molecule has 0 aromatic heterocycles. The van der Waals surface area contributed by atoms with E-state index in [4.69, 9.17) is 9.47 Å². The van der Waals surface area contributed by atoms with Crippen molar-refractivity contribution in [1.82, 2.24) is 0 Å². The van der Waals surface area contributed by atoms with Crippen LogP contribution < -0.4 is 0 Å². The molecule has 0 spiro atoms. The van der Waals surface area contributed by atoms with Gasteiger partial charge in [0.2, 0.25) is 0 Å². The first-order chi connectivity index (χ1) is 22.4. The Morgan fingerprint density at radius 1 is 0.178 bits per heavy atom. The van der Waals surface area contributed by atoms with Crippen molar-refractivity contribution in [3.63, 3.8) is 0 Å². The maximum absolute atomic E-state index is 5.88. The third kappa shape index (κ3) is 43.9. The highest BCUT2D eigenvalue weighted by molar-refractivity contribution is 4.52. The highest BCUT2D eigenvalue weighted by Gasteiger charge is 1.98. The Morgan fingerprint density at radius 2 is 0.311 bits per heavy atom. The van der Waals surface area contributed by atoms with Gasteiger partial charge in [0.15, 0.2) is 0 Å². The Balaban J connectivity index is 3.03. The van der Waals surface area contributed by atoms with Crippen LogP contribution in [0.3, 0.4) is 0 Å². The predicted octanol–water partition coefficient (Wildman–Crippen LogP) is 15.5. The Kier molecular flexibility index (Phi) is 43.8. The molecule has 0 unspecified atom stereocenters. The van der Waals surface area contributed by atoms with E-state index in [1.165, 1.54) is 238 Å². The summed E-state index contributed by atoms with van der Waals surface area (Å²) in [5, 5.41) is 0. The van der Waals surface area contributed by atoms with Crippen molar-refractivity contribution in [2.24, 2.45) is 0 Å². The summed E-state index contributed by atoms with van der Waals surface area (Å²) < 4.78 is 11.8. The first kappa shape index (κ1) is 44.9. The van der Waals surface area contributed by atoms with Crippen molar-refractivity contribution in [3.05, 3.63) is 0 Å². The zero-order valence-electron chi connectivity index (χ0n) is 31.8. The molecule has 0 aliphatic carbocycles. The second-order valence-electron chi connectivity index (χ2n) is 14.6. The van der Waals surface area contributed by atoms with E-state index in [1.807, 2.05) is 0 Å². The molecule has 0 bridgehead atoms. The van der Waals surface area contributed by atoms with Crippen molar-refractivity contribution in [2.45, 2.75) is 251 Å². The van der Waals surface area contributed by atoms with Gasteiger partial charge in [0.1, 0.15) is 0 Å². The molecule has 0 aromatic carbocycles. The Morgan fingerprint density at radius 3 is 0.467 bits per heavy atom. The van der Waals surface area contributed by atoms with Crippen molar-refractivity contribution < 1.29 is 9.47 Å². The molecule has 45 heavy (non-hydrogen) atoms. The van der Waals surface area contributed by atoms with E-state index in [9.17, 15) is 0 Å². The lowest BCUT2D eigenvalue weighted by molar-refractivity contribution is 0.121. The molecule has 0 heterocycles. The van der Waals surface area contributed by atoms with Gasteiger partial charge in [-0.15, -0.1) is 0 Å². The normalized spacial score (nSPS) is 11.6. The quantitative estimate of drug-likeness (QED) is 0.0621. The molecular weight excluding hydrogens is 548 g/mol. The molecule has 0 radical (unpaired) electrons. The summed E-state index contributed by atoms with van der Waals surface area (Å²) in [5.74, 6) is 0. The van der Waals surface area contributed by atoms with Crippen LogP contribution in [0.4, 0.5) is 0 Å². The molecule has 0 aliphatic heterocycles. The van der Waals surface area contributed by atoms with Gasteiger partial charge >= 0.3 is 0 Å². The van der Waals surface area contributed by atoms with Crippen LogP contribution in [-0.2, 0) is 9.47 Å². The standard InChI is InChI=1S/C43H88O2/c1-3-5-7-9-11-13-15-17-19-21-23-25-27-29-32-36-40-44-42-38-34-31-35-39-43-45-41-37-33-30-28-26-24-22-20-18-16-14-12-10-8-6-4-2/h3-43H2,1-2H3. The lowest BCUT2D eigenvalue weighted by Gasteiger charge is -2.06. The average Bonchev–Trinajstić information content (AvgIpc) is 3.05. The van der Waals surface area contributed by atoms with Crippen molar-refractivity contribution in [1.29, 1.82) is 0 Å². The minimum Gasteiger partial charge on any atom is -0.381 e. The zero-order chi connectivity index (χ0) is 32.4. The van der Waals surface area contributed by atoms with E-state index >= 15 is 0 Å². The lowest BCUT2D eigenvalue weighted by atomic mass is 10.0. The topological polar surface area (TPSA) is 18.5 Å². The van der Waals surface area contributed by atoms with Crippen LogP contribution >= 0.6 is 0 Å². The second-order valence-corrected chi connectivity index (χ2v) is 14.6. The minimum atomic E-state index is 0.967. The van der Waals surface area contributed by atoms with E-state index in [0.29, 0.717) is 0 Å². The molecule has 0 atom stereocenters. The van der Waals surface area contributed by atoms with Crippen LogP contribution in [0.5, 0.6) is 0 Å². The van der Waals surface area contributed by atoms with E-state index in [0.717, 1.165) is 26.4 Å². The van der Waals surface area contributed by atoms with Crippen molar-refractivity contribution >= 4 is 0 Å². The molecule has 0 N–H and O–H groups in total. The molecule has 0 saturated heterocycles. The van der Waals surface area contributed by atoms with Crippen LogP contribution in [0.2, 0.25) is 0 Å². The van der Waals surface area contributed by atoms with Crippen LogP contribution in [0.15, 0.2) is 0 Å². The predicted molar refractivity (Wildman–Crippen MR) is 204 cm³/mol. The molecule has 2 heteroatoms. The highest BCUT2D eigenvalue weighted by atomic mass is 16.5. The highest BCUT2D eigenvalue weighted by Crippen LogP contribution is 2.15. The third-order valence-corrected chi connectivity index (χ3v) is 9.86. The fourth-order valence-corrected chi connectivity index (χ4v) is 6.65. The molecule has 0 saturated carbocycles. The van der Waals surface area contributed by atoms with Gasteiger partial charge < -0.3 is 9.47 Å². The summed E-state index contributed by atoms with van der Waals surface area (Å²) in [5.41, 5.74) is 0. The number of unbranched alkanes of at least 4 members (excludes halogenated alkanes) is 34. The summed E-state index contributed by atoms with van der Waals surface area (Å²) in [6, 6.07) is 0. The summed E-state index contributed by atoms with van der Waals surface area (Å²) >= 11 is 0. The number of rotatable bonds is 42. The largest absolute Gasteiger partial charge is 0.381 e. The monoisotopic (exact) mass is 637 g/mol. The summed E-state index contributed by atoms with van der Waals surface area (Å²) in [4.78, 5) is 0. The molecular formula is C43H88O2. The number of hydrogen-bond acceptors (Lipinski definition) is 2. The van der Waals surface area contributed by atoms with Crippen molar-refractivity contribution in [3.8, 4) is 0 Å². The summed E-state index contributed by atoms with van der Waals surface area (Å²) in [6.07, 6.45) is 52.2. The Labute approximate surface area is 286 Å². The van der Waals surface area contributed by atoms with Gasteiger partial charge in [0, 0.05) is 26.4 Å². The van der Waals surface area contributed by atoms with Crippen LogP contribution in [-0.4, -0.2) is 26.4 Å². The van der Waals surface area contributed by atoms with Gasteiger partial charge in [-0.2, -0.15) is 0 Å². The minimum absolute atomic E-state index is 0.967. The van der Waals surface area contributed by atoms with Crippen molar-refractivity contribution in [2.75, 3.05) is 26.4 Å². The maximum Gasteiger partial charge on any atom is 0.0466 e. The van der Waals surface area contributed by atoms with Gasteiger partial charge in [-0.3, -0.25) is 0 Å². The molecule has 0 amide bonds. The zero-order valence-corrected chi connectivity index (χ0v) is 31.8. The van der Waals surface area contributed by atoms with Crippen LogP contribution in [0.1, 0.15) is 251 Å². The van der Waals surface area contributed by atoms with E-state index in [2.05, 4.69) is 13.8 Å². The van der Waals surface area contributed by atoms with Gasteiger partial charge in [0.05, 0.1) is 0 Å². The molecule has 0 aliphatic rings. The first-order valence-corrected chi connectivity index (χ1v) is 21.6. The van der Waals surface area contributed by atoms with E-state index in [-0.39, 0.29) is 0 Å². The van der Waals surface area contributed by atoms with Gasteiger partial charge in [-0.05, 0) is 25.7 Å².